The maximum absolute atomic E-state index is 13.6. The van der Waals surface area contributed by atoms with E-state index in [1.54, 1.807) is 24.3 Å². The van der Waals surface area contributed by atoms with Gasteiger partial charge in [0.25, 0.3) is 11.8 Å². The second-order valence-electron chi connectivity index (χ2n) is 10.7. The number of amides is 3. The first-order chi connectivity index (χ1) is 18.1. The Bertz CT molecular complexity index is 1250. The molecular formula is C28H31F3N4O3. The van der Waals surface area contributed by atoms with E-state index in [1.165, 1.54) is 12.2 Å². The lowest BCUT2D eigenvalue weighted by Crippen LogP contribution is -2.54. The van der Waals surface area contributed by atoms with E-state index in [4.69, 9.17) is 0 Å². The van der Waals surface area contributed by atoms with Crippen molar-refractivity contribution in [1.82, 2.24) is 15.2 Å². The molecule has 1 aromatic heterocycles. The third-order valence-corrected chi connectivity index (χ3v) is 8.03. The number of nitrogens with zero attached hydrogens (tertiary/aromatic N) is 2. The number of hydrogen-bond acceptors (Lipinski definition) is 5. The average molecular weight is 529 g/mol. The number of hydrogen-bond donors (Lipinski definition) is 2. The van der Waals surface area contributed by atoms with Gasteiger partial charge in [0.1, 0.15) is 5.69 Å². The van der Waals surface area contributed by atoms with Crippen molar-refractivity contribution in [3.63, 3.8) is 0 Å². The van der Waals surface area contributed by atoms with Gasteiger partial charge in [0.15, 0.2) is 0 Å². The van der Waals surface area contributed by atoms with Gasteiger partial charge in [-0.3, -0.25) is 19.3 Å². The molecule has 2 atom stereocenters. The minimum absolute atomic E-state index is 0.0706. The molecule has 5 rings (SSSR count). The van der Waals surface area contributed by atoms with Gasteiger partial charge in [-0.15, -0.1) is 0 Å². The van der Waals surface area contributed by atoms with Crippen LogP contribution in [0.25, 0.3) is 10.9 Å². The van der Waals surface area contributed by atoms with Crippen molar-refractivity contribution >= 4 is 34.3 Å². The monoisotopic (exact) mass is 528 g/mol. The molecule has 3 amide bonds. The lowest BCUT2D eigenvalue weighted by Gasteiger charge is -2.40. The van der Waals surface area contributed by atoms with Crippen molar-refractivity contribution in [1.29, 1.82) is 0 Å². The summed E-state index contributed by atoms with van der Waals surface area (Å²) in [4.78, 5) is 43.0. The molecule has 0 unspecified atom stereocenters. The van der Waals surface area contributed by atoms with Gasteiger partial charge in [0.2, 0.25) is 5.91 Å². The Labute approximate surface area is 218 Å². The van der Waals surface area contributed by atoms with Crippen LogP contribution in [0.4, 0.5) is 18.9 Å². The molecule has 1 aromatic carbocycles. The summed E-state index contributed by atoms with van der Waals surface area (Å²) in [5.74, 6) is -0.931. The smallest absolute Gasteiger partial charge is 0.382 e. The number of rotatable bonds is 6. The van der Waals surface area contributed by atoms with Gasteiger partial charge in [-0.25, -0.2) is 4.98 Å². The van der Waals surface area contributed by atoms with Crippen molar-refractivity contribution < 1.29 is 27.6 Å². The number of fused-ring (bicyclic) bond motifs is 1. The normalized spacial score (nSPS) is 23.6. The average Bonchev–Trinajstić information content (AvgIpc) is 3.21. The maximum Gasteiger partial charge on any atom is 0.433 e. The number of para-hydroxylation sites is 1. The summed E-state index contributed by atoms with van der Waals surface area (Å²) in [7, 11) is 0. The maximum atomic E-state index is 13.6. The Hall–Kier alpha value is -3.43. The molecule has 202 valence electrons. The number of aromatic nitrogens is 1. The van der Waals surface area contributed by atoms with Gasteiger partial charge in [0, 0.05) is 41.9 Å². The molecule has 2 N–H and O–H groups in total. The van der Waals surface area contributed by atoms with Crippen LogP contribution in [0.15, 0.2) is 42.5 Å². The van der Waals surface area contributed by atoms with Gasteiger partial charge in [-0.1, -0.05) is 37.5 Å². The zero-order chi connectivity index (χ0) is 26.9. The molecule has 38 heavy (non-hydrogen) atoms. The highest BCUT2D eigenvalue weighted by Crippen LogP contribution is 2.39. The molecule has 1 aliphatic heterocycles. The Balaban J connectivity index is 1.30. The predicted octanol–water partition coefficient (Wildman–Crippen LogP) is 4.97. The fourth-order valence-corrected chi connectivity index (χ4v) is 6.03. The van der Waals surface area contributed by atoms with Crippen LogP contribution in [0.2, 0.25) is 0 Å². The number of halogens is 3. The van der Waals surface area contributed by atoms with Crippen LogP contribution in [0, 0.1) is 5.41 Å². The molecule has 2 fully saturated rings. The van der Waals surface area contributed by atoms with E-state index in [0.717, 1.165) is 49.5 Å². The number of carbonyl (C=O) groups excluding carboxylic acids is 3. The molecule has 0 saturated heterocycles. The summed E-state index contributed by atoms with van der Waals surface area (Å²) in [5.41, 5.74) is -1.12. The fourth-order valence-electron chi connectivity index (χ4n) is 6.03. The number of benzene rings is 1. The third-order valence-electron chi connectivity index (χ3n) is 8.03. The van der Waals surface area contributed by atoms with E-state index >= 15 is 0 Å². The summed E-state index contributed by atoms with van der Waals surface area (Å²) in [6, 6.07) is 7.50. The molecule has 0 radical (unpaired) electrons. The third kappa shape index (κ3) is 5.39. The number of anilines is 1. The Morgan fingerprint density at radius 2 is 1.68 bits per heavy atom. The van der Waals surface area contributed by atoms with Crippen molar-refractivity contribution in [2.24, 2.45) is 5.41 Å². The Kier molecular flexibility index (Phi) is 7.15. The Morgan fingerprint density at radius 3 is 2.39 bits per heavy atom. The highest BCUT2D eigenvalue weighted by molar-refractivity contribution is 6.13. The van der Waals surface area contributed by atoms with Gasteiger partial charge < -0.3 is 10.6 Å². The molecule has 2 saturated carbocycles. The van der Waals surface area contributed by atoms with E-state index in [1.807, 2.05) is 0 Å². The molecule has 10 heteroatoms. The van der Waals surface area contributed by atoms with Crippen LogP contribution in [0.1, 0.15) is 63.5 Å². The van der Waals surface area contributed by atoms with E-state index in [9.17, 15) is 27.6 Å². The number of nitrogens with one attached hydrogen (secondary N) is 2. The summed E-state index contributed by atoms with van der Waals surface area (Å²) >= 11 is 0. The Morgan fingerprint density at radius 1 is 1.00 bits per heavy atom. The van der Waals surface area contributed by atoms with E-state index in [0.29, 0.717) is 30.3 Å². The van der Waals surface area contributed by atoms with Crippen LogP contribution < -0.4 is 10.6 Å². The molecular weight excluding hydrogens is 497 g/mol. The molecule has 2 aliphatic carbocycles. The van der Waals surface area contributed by atoms with Crippen molar-refractivity contribution in [2.45, 2.75) is 76.0 Å². The van der Waals surface area contributed by atoms with Crippen molar-refractivity contribution in [2.75, 3.05) is 11.9 Å². The lowest BCUT2D eigenvalue weighted by molar-refractivity contribution is -0.144. The number of alkyl halides is 3. The zero-order valence-electron chi connectivity index (χ0n) is 21.0. The molecule has 0 spiro atoms. The van der Waals surface area contributed by atoms with E-state index < -0.39 is 29.1 Å². The number of carbonyl (C=O) groups is 3. The first kappa shape index (κ1) is 26.2. The highest BCUT2D eigenvalue weighted by atomic mass is 19.4. The number of pyridine rings is 1. The standard InChI is InChI=1S/C28H31F3N4O3/c29-28(30,31)23-16-22(20-9-2-3-10-21(20)34-23)32-18-7-6-8-19(15-18)33-26(38)27(13-4-1-5-14-27)17-35-24(36)11-12-25(35)37/h2-3,9-12,16,18-19H,1,4-8,13-15,17H2,(H,32,34)(H,33,38)/t18-,19+/m0/s1. The minimum Gasteiger partial charge on any atom is -0.382 e. The number of imide groups is 1. The first-order valence-electron chi connectivity index (χ1n) is 13.2. The van der Waals surface area contributed by atoms with E-state index in [-0.39, 0.29) is 30.1 Å². The lowest BCUT2D eigenvalue weighted by atomic mass is 9.72. The topological polar surface area (TPSA) is 91.4 Å². The van der Waals surface area contributed by atoms with Crippen LogP contribution in [0.3, 0.4) is 0 Å². The van der Waals surface area contributed by atoms with Crippen molar-refractivity contribution in [3.8, 4) is 0 Å². The summed E-state index contributed by atoms with van der Waals surface area (Å²) < 4.78 is 40.5. The minimum atomic E-state index is -4.56. The molecule has 7 nitrogen and oxygen atoms in total. The van der Waals surface area contributed by atoms with Gasteiger partial charge >= 0.3 is 6.18 Å². The van der Waals surface area contributed by atoms with Crippen LogP contribution in [-0.4, -0.2) is 46.2 Å². The fraction of sp³-hybridized carbons (Fsp3) is 0.500. The van der Waals surface area contributed by atoms with Gasteiger partial charge in [0.05, 0.1) is 10.9 Å². The van der Waals surface area contributed by atoms with Crippen molar-refractivity contribution in [3.05, 3.63) is 48.2 Å². The van der Waals surface area contributed by atoms with Crippen LogP contribution in [0.5, 0.6) is 0 Å². The first-order valence-corrected chi connectivity index (χ1v) is 13.2. The quantitative estimate of drug-likeness (QED) is 0.517. The van der Waals surface area contributed by atoms with Gasteiger partial charge in [-0.2, -0.15) is 13.2 Å². The van der Waals surface area contributed by atoms with Crippen LogP contribution >= 0.6 is 0 Å². The predicted molar refractivity (Wildman–Crippen MR) is 136 cm³/mol. The highest BCUT2D eigenvalue weighted by Gasteiger charge is 2.44. The molecule has 2 aromatic rings. The molecule has 2 heterocycles. The van der Waals surface area contributed by atoms with E-state index in [2.05, 4.69) is 15.6 Å². The molecule has 0 bridgehead atoms. The summed E-state index contributed by atoms with van der Waals surface area (Å²) in [5, 5.41) is 7.09. The second-order valence-corrected chi connectivity index (χ2v) is 10.7. The SMILES string of the molecule is O=C1C=CC(=O)N1CC1(C(=O)N[C@@H]2CCC[C@H](Nc3cc(C(F)(F)F)nc4ccccc34)C2)CCCCC1. The molecule has 3 aliphatic rings. The second kappa shape index (κ2) is 10.4. The largest absolute Gasteiger partial charge is 0.433 e. The van der Waals surface area contributed by atoms with Crippen LogP contribution in [-0.2, 0) is 20.6 Å². The van der Waals surface area contributed by atoms with Gasteiger partial charge in [-0.05, 0) is 50.7 Å². The zero-order valence-corrected chi connectivity index (χ0v) is 21.0. The summed E-state index contributed by atoms with van der Waals surface area (Å²) in [6.07, 6.45) is 4.71. The summed E-state index contributed by atoms with van der Waals surface area (Å²) in [6.45, 7) is 0.0706.